The molecule has 0 unspecified atom stereocenters. The Bertz CT molecular complexity index is 561. The summed E-state index contributed by atoms with van der Waals surface area (Å²) in [6.07, 6.45) is -4.25. The number of rotatable bonds is 7. The number of likely N-dealkylation sites (tertiary alicyclic amines) is 1. The predicted octanol–water partition coefficient (Wildman–Crippen LogP) is 2.68. The van der Waals surface area contributed by atoms with E-state index in [1.807, 2.05) is 30.3 Å². The fraction of sp³-hybridized carbons (Fsp3) is 0.529. The van der Waals surface area contributed by atoms with Crippen molar-refractivity contribution in [3.05, 3.63) is 35.9 Å². The van der Waals surface area contributed by atoms with Crippen molar-refractivity contribution in [1.29, 1.82) is 0 Å². The molecular weight excluding hydrogens is 321 g/mol. The van der Waals surface area contributed by atoms with Gasteiger partial charge in [0.05, 0.1) is 12.5 Å². The Hall–Kier alpha value is -2.05. The molecule has 1 atom stereocenters. The highest BCUT2D eigenvalue weighted by molar-refractivity contribution is 5.82. The third kappa shape index (κ3) is 6.22. The van der Waals surface area contributed by atoms with Gasteiger partial charge in [-0.3, -0.25) is 9.59 Å². The first-order chi connectivity index (χ1) is 11.3. The van der Waals surface area contributed by atoms with Crippen LogP contribution in [0.1, 0.15) is 31.2 Å². The second-order valence-corrected chi connectivity index (χ2v) is 6.01. The van der Waals surface area contributed by atoms with Gasteiger partial charge in [0.1, 0.15) is 0 Å². The maximum atomic E-state index is 12.1. The van der Waals surface area contributed by atoms with E-state index in [1.165, 1.54) is 5.56 Å². The van der Waals surface area contributed by atoms with E-state index in [4.69, 9.17) is 0 Å². The molecule has 4 nitrogen and oxygen atoms in total. The number of benzene rings is 1. The summed E-state index contributed by atoms with van der Waals surface area (Å²) in [5.74, 6) is -0.722. The number of hydrogen-bond acceptors (Lipinski definition) is 2. The molecule has 1 aromatic carbocycles. The molecule has 0 radical (unpaired) electrons. The minimum absolute atomic E-state index is 0.0656. The summed E-state index contributed by atoms with van der Waals surface area (Å²) in [6.45, 7) is 0.952. The minimum Gasteiger partial charge on any atom is -0.351 e. The van der Waals surface area contributed by atoms with Crippen molar-refractivity contribution in [3.63, 3.8) is 0 Å². The second kappa shape index (κ2) is 8.17. The topological polar surface area (TPSA) is 49.4 Å². The Morgan fingerprint density at radius 1 is 1.25 bits per heavy atom. The molecule has 132 valence electrons. The van der Waals surface area contributed by atoms with Crippen molar-refractivity contribution in [2.45, 2.75) is 44.3 Å². The molecule has 1 aliphatic rings. The number of nitrogens with zero attached hydrogens (tertiary/aromatic N) is 1. The molecule has 0 spiro atoms. The van der Waals surface area contributed by atoms with Crippen LogP contribution in [-0.4, -0.2) is 42.0 Å². The predicted molar refractivity (Wildman–Crippen MR) is 83.2 cm³/mol. The maximum absolute atomic E-state index is 12.1. The lowest BCUT2D eigenvalue weighted by molar-refractivity contribution is -0.144. The molecule has 1 saturated heterocycles. The summed E-state index contributed by atoms with van der Waals surface area (Å²) < 4.78 is 36.3. The number of alkyl halides is 3. The molecule has 2 amide bonds. The van der Waals surface area contributed by atoms with E-state index in [0.717, 1.165) is 12.8 Å². The molecule has 0 aliphatic carbocycles. The van der Waals surface area contributed by atoms with Crippen LogP contribution in [0, 0.1) is 0 Å². The Labute approximate surface area is 139 Å². The number of carbonyl (C=O) groups excluding carboxylic acids is 2. The van der Waals surface area contributed by atoms with Gasteiger partial charge in [0, 0.05) is 25.9 Å². The van der Waals surface area contributed by atoms with E-state index < -0.39 is 31.0 Å². The quantitative estimate of drug-likeness (QED) is 0.828. The van der Waals surface area contributed by atoms with E-state index >= 15 is 0 Å². The van der Waals surface area contributed by atoms with Crippen molar-refractivity contribution >= 4 is 11.8 Å². The Morgan fingerprint density at radius 2 is 1.96 bits per heavy atom. The molecule has 1 N–H and O–H groups in total. The summed E-state index contributed by atoms with van der Waals surface area (Å²) in [4.78, 5) is 25.1. The lowest BCUT2D eigenvalue weighted by Crippen LogP contribution is -2.37. The van der Waals surface area contributed by atoms with E-state index in [9.17, 15) is 22.8 Å². The van der Waals surface area contributed by atoms with Gasteiger partial charge in [0.15, 0.2) is 0 Å². The van der Waals surface area contributed by atoms with Crippen LogP contribution >= 0.6 is 0 Å². The number of hydrogen-bond donors (Lipinski definition) is 1. The van der Waals surface area contributed by atoms with Crippen molar-refractivity contribution < 1.29 is 22.8 Å². The first-order valence-corrected chi connectivity index (χ1v) is 8.01. The van der Waals surface area contributed by atoms with Crippen LogP contribution in [0.2, 0.25) is 0 Å². The van der Waals surface area contributed by atoms with Crippen LogP contribution in [-0.2, 0) is 16.0 Å². The second-order valence-electron chi connectivity index (χ2n) is 6.01. The van der Waals surface area contributed by atoms with Gasteiger partial charge in [-0.2, -0.15) is 13.2 Å². The van der Waals surface area contributed by atoms with Crippen molar-refractivity contribution in [2.75, 3.05) is 13.1 Å². The zero-order chi connectivity index (χ0) is 17.6. The van der Waals surface area contributed by atoms with Gasteiger partial charge in [0.2, 0.25) is 11.8 Å². The zero-order valence-corrected chi connectivity index (χ0v) is 13.3. The average Bonchev–Trinajstić information content (AvgIpc) is 2.85. The highest BCUT2D eigenvalue weighted by Crippen LogP contribution is 2.21. The zero-order valence-electron chi connectivity index (χ0n) is 13.3. The molecule has 1 aromatic rings. The normalized spacial score (nSPS) is 18.0. The van der Waals surface area contributed by atoms with Gasteiger partial charge in [-0.25, -0.2) is 0 Å². The Balaban J connectivity index is 1.70. The highest BCUT2D eigenvalue weighted by atomic mass is 19.4. The molecule has 0 bridgehead atoms. The van der Waals surface area contributed by atoms with E-state index in [0.29, 0.717) is 13.1 Å². The average molecular weight is 342 g/mol. The summed E-state index contributed by atoms with van der Waals surface area (Å²) in [5, 5.41) is 2.52. The van der Waals surface area contributed by atoms with Gasteiger partial charge in [-0.15, -0.1) is 0 Å². The molecule has 1 heterocycles. The standard InChI is InChI=1S/C17H21F3N2O2/c18-17(19,20)9-8-15(23)21-14-11-16(24)22(12-14)10-4-7-13-5-2-1-3-6-13/h1-3,5-6,14H,4,7-12H2,(H,21,23)/t14-/m1/s1. The third-order valence-corrected chi connectivity index (χ3v) is 3.95. The summed E-state index contributed by atoms with van der Waals surface area (Å²) in [5.41, 5.74) is 1.20. The molecule has 24 heavy (non-hydrogen) atoms. The fourth-order valence-corrected chi connectivity index (χ4v) is 2.76. The van der Waals surface area contributed by atoms with Crippen LogP contribution in [0.3, 0.4) is 0 Å². The molecule has 0 saturated carbocycles. The van der Waals surface area contributed by atoms with Crippen LogP contribution in [0.15, 0.2) is 30.3 Å². The number of halogens is 3. The van der Waals surface area contributed by atoms with Crippen molar-refractivity contribution in [1.82, 2.24) is 10.2 Å². The summed E-state index contributed by atoms with van der Waals surface area (Å²) in [6, 6.07) is 9.52. The number of amides is 2. The van der Waals surface area contributed by atoms with Gasteiger partial charge < -0.3 is 10.2 Å². The molecular formula is C17H21F3N2O2. The number of nitrogens with one attached hydrogen (secondary N) is 1. The van der Waals surface area contributed by atoms with Crippen LogP contribution < -0.4 is 5.32 Å². The largest absolute Gasteiger partial charge is 0.389 e. The van der Waals surface area contributed by atoms with Crippen molar-refractivity contribution in [2.24, 2.45) is 0 Å². The fourth-order valence-electron chi connectivity index (χ4n) is 2.76. The van der Waals surface area contributed by atoms with Crippen LogP contribution in [0.4, 0.5) is 13.2 Å². The van der Waals surface area contributed by atoms with Gasteiger partial charge in [0.25, 0.3) is 0 Å². The smallest absolute Gasteiger partial charge is 0.351 e. The Kier molecular flexibility index (Phi) is 6.23. The molecule has 0 aromatic heterocycles. The Morgan fingerprint density at radius 3 is 2.62 bits per heavy atom. The van der Waals surface area contributed by atoms with Gasteiger partial charge in [-0.05, 0) is 18.4 Å². The lowest BCUT2D eigenvalue weighted by Gasteiger charge is -2.17. The third-order valence-electron chi connectivity index (χ3n) is 3.95. The summed E-state index contributed by atoms with van der Waals surface area (Å²) in [7, 11) is 0. The highest BCUT2D eigenvalue weighted by Gasteiger charge is 2.32. The first-order valence-electron chi connectivity index (χ1n) is 8.01. The maximum Gasteiger partial charge on any atom is 0.389 e. The summed E-state index contributed by atoms with van der Waals surface area (Å²) >= 11 is 0. The molecule has 1 fully saturated rings. The van der Waals surface area contributed by atoms with Crippen LogP contribution in [0.25, 0.3) is 0 Å². The van der Waals surface area contributed by atoms with E-state index in [2.05, 4.69) is 5.32 Å². The monoisotopic (exact) mass is 342 g/mol. The molecule has 1 aliphatic heterocycles. The van der Waals surface area contributed by atoms with Crippen molar-refractivity contribution in [3.8, 4) is 0 Å². The lowest BCUT2D eigenvalue weighted by atomic mass is 10.1. The SMILES string of the molecule is O=C(CCC(F)(F)F)N[C@@H]1CC(=O)N(CCCc2ccccc2)C1. The minimum atomic E-state index is -4.34. The van der Waals surface area contributed by atoms with Gasteiger partial charge >= 0.3 is 6.18 Å². The first kappa shape index (κ1) is 18.3. The number of aryl methyl sites for hydroxylation is 1. The molecule has 7 heteroatoms. The van der Waals surface area contributed by atoms with E-state index in [-0.39, 0.29) is 12.3 Å². The van der Waals surface area contributed by atoms with Gasteiger partial charge in [-0.1, -0.05) is 30.3 Å². The van der Waals surface area contributed by atoms with Crippen LogP contribution in [0.5, 0.6) is 0 Å². The molecule has 2 rings (SSSR count). The number of carbonyl (C=O) groups is 2. The van der Waals surface area contributed by atoms with E-state index in [1.54, 1.807) is 4.90 Å².